The Morgan fingerprint density at radius 2 is 1.76 bits per heavy atom. The first-order valence-electron chi connectivity index (χ1n) is 10.0. The zero-order valence-corrected chi connectivity index (χ0v) is 18.2. The minimum atomic E-state index is -2.94. The van der Waals surface area contributed by atoms with Gasteiger partial charge in [-0.3, -0.25) is 0 Å². The number of tetrazole rings is 1. The molecule has 0 unspecified atom stereocenters. The van der Waals surface area contributed by atoms with E-state index < -0.39 is 10.0 Å². The number of nitrogens with one attached hydrogen (secondary N) is 1. The van der Waals surface area contributed by atoms with Crippen LogP contribution in [0.25, 0.3) is 10.8 Å². The van der Waals surface area contributed by atoms with E-state index in [1.54, 1.807) is 4.80 Å². The van der Waals surface area contributed by atoms with Crippen LogP contribution in [0.3, 0.4) is 0 Å². The fourth-order valence-corrected chi connectivity index (χ4v) is 4.46. The van der Waals surface area contributed by atoms with Gasteiger partial charge in [-0.05, 0) is 54.3 Å². The molecule has 0 radical (unpaired) electrons. The zero-order chi connectivity index (χ0) is 21.0. The smallest absolute Gasteiger partial charge is 0.212 e. The molecule has 0 amide bonds. The van der Waals surface area contributed by atoms with Crippen molar-refractivity contribution in [3.8, 4) is 0 Å². The average molecular weight is 416 g/mol. The molecule has 8 heteroatoms. The Kier molecular flexibility index (Phi) is 6.64. The first kappa shape index (κ1) is 21.4. The normalized spacial score (nSPS) is 14.3. The number of sulfonamides is 1. The van der Waals surface area contributed by atoms with Crippen LogP contribution in [0, 0.1) is 0 Å². The topological polar surface area (TPSA) is 89.8 Å². The number of nitrogens with zero attached hydrogens (tertiary/aromatic N) is 4. The Hall–Kier alpha value is -2.32. The molecular formula is C21H29N5O2S. The summed E-state index contributed by atoms with van der Waals surface area (Å²) >= 11 is 0. The van der Waals surface area contributed by atoms with Gasteiger partial charge in [-0.2, -0.15) is 4.80 Å². The highest BCUT2D eigenvalue weighted by Gasteiger charge is 2.35. The van der Waals surface area contributed by atoms with E-state index >= 15 is 0 Å². The predicted molar refractivity (Wildman–Crippen MR) is 115 cm³/mol. The molecule has 0 bridgehead atoms. The summed E-state index contributed by atoms with van der Waals surface area (Å²) in [7, 11) is -2.94. The molecular weight excluding hydrogens is 386 g/mol. The molecule has 1 aromatic heterocycles. The number of rotatable bonds is 6. The van der Waals surface area contributed by atoms with E-state index in [0.29, 0.717) is 12.5 Å². The molecule has 1 saturated carbocycles. The highest BCUT2D eigenvalue weighted by molar-refractivity contribution is 7.90. The third-order valence-corrected chi connectivity index (χ3v) is 6.63. The molecule has 156 valence electrons. The van der Waals surface area contributed by atoms with Crippen LogP contribution in [-0.2, 0) is 16.6 Å². The van der Waals surface area contributed by atoms with Crippen LogP contribution in [-0.4, -0.2) is 39.9 Å². The number of hydrogen-bond donors (Lipinski definition) is 1. The molecule has 4 rings (SSSR count). The fraction of sp³-hybridized carbons (Fsp3) is 0.476. The highest BCUT2D eigenvalue weighted by Crippen LogP contribution is 2.27. The van der Waals surface area contributed by atoms with E-state index in [2.05, 4.69) is 76.4 Å². The summed E-state index contributed by atoms with van der Waals surface area (Å²) in [4.78, 5) is 1.65. The second-order valence-corrected chi connectivity index (χ2v) is 10.0. The van der Waals surface area contributed by atoms with E-state index in [0.717, 1.165) is 18.7 Å². The van der Waals surface area contributed by atoms with E-state index in [1.807, 2.05) is 13.8 Å². The fourth-order valence-electron chi connectivity index (χ4n) is 2.86. The lowest BCUT2D eigenvalue weighted by atomic mass is 10.1. The summed E-state index contributed by atoms with van der Waals surface area (Å²) in [5.41, 5.74) is 1.19. The van der Waals surface area contributed by atoms with Gasteiger partial charge in [0.25, 0.3) is 0 Å². The van der Waals surface area contributed by atoms with Crippen molar-refractivity contribution in [2.24, 2.45) is 0 Å². The Labute approximate surface area is 172 Å². The van der Waals surface area contributed by atoms with E-state index in [9.17, 15) is 8.42 Å². The Bertz CT molecular complexity index is 1060. The Balaban J connectivity index is 0.000000204. The summed E-state index contributed by atoms with van der Waals surface area (Å²) in [5, 5.41) is 14.9. The highest BCUT2D eigenvalue weighted by atomic mass is 32.2. The first-order chi connectivity index (χ1) is 13.7. The molecule has 1 aliphatic rings. The monoisotopic (exact) mass is 415 g/mol. The van der Waals surface area contributed by atoms with Gasteiger partial charge in [0.1, 0.15) is 0 Å². The molecule has 0 atom stereocenters. The van der Waals surface area contributed by atoms with Crippen LogP contribution in [0.5, 0.6) is 0 Å². The molecule has 0 spiro atoms. The van der Waals surface area contributed by atoms with Crippen LogP contribution in [0.15, 0.2) is 42.5 Å². The molecule has 0 saturated heterocycles. The molecule has 1 aliphatic carbocycles. The van der Waals surface area contributed by atoms with Gasteiger partial charge in [0, 0.05) is 12.0 Å². The van der Waals surface area contributed by atoms with Crippen LogP contribution in [0.2, 0.25) is 0 Å². The van der Waals surface area contributed by atoms with E-state index in [1.165, 1.54) is 16.3 Å². The van der Waals surface area contributed by atoms with Gasteiger partial charge >= 0.3 is 0 Å². The van der Waals surface area contributed by atoms with Crippen LogP contribution >= 0.6 is 0 Å². The van der Waals surface area contributed by atoms with Gasteiger partial charge < -0.3 is 0 Å². The van der Waals surface area contributed by atoms with Gasteiger partial charge in [-0.1, -0.05) is 50.2 Å². The molecule has 1 fully saturated rings. The molecule has 1 heterocycles. The molecule has 3 aromatic rings. The van der Waals surface area contributed by atoms with Crippen molar-refractivity contribution in [2.75, 3.05) is 0 Å². The molecule has 0 aliphatic heterocycles. The van der Waals surface area contributed by atoms with Crippen molar-refractivity contribution in [3.05, 3.63) is 53.9 Å². The second-order valence-electron chi connectivity index (χ2n) is 8.03. The molecule has 2 aromatic carbocycles. The Morgan fingerprint density at radius 1 is 1.07 bits per heavy atom. The second kappa shape index (κ2) is 9.00. The lowest BCUT2D eigenvalue weighted by Crippen LogP contribution is -2.32. The predicted octanol–water partition coefficient (Wildman–Crippen LogP) is 3.47. The number of hydrogen-bond acceptors (Lipinski definition) is 5. The maximum Gasteiger partial charge on any atom is 0.214 e. The standard InChI is InChI=1S/C15H16N4.C6H13NO2S/c1-11(2)15-16-18-19(17-15)10-12-7-8-13-5-3-4-6-14(13)9-12;1-5(2)7-10(8,9)6-3-4-6/h3-9,11H,10H2,1-2H3;5-7H,3-4H2,1-2H3. The van der Waals surface area contributed by atoms with Crippen LogP contribution in [0.1, 0.15) is 57.8 Å². The number of aromatic nitrogens is 4. The van der Waals surface area contributed by atoms with Gasteiger partial charge in [-0.15, -0.1) is 10.2 Å². The van der Waals surface area contributed by atoms with E-state index in [4.69, 9.17) is 0 Å². The summed E-state index contributed by atoms with van der Waals surface area (Å²) in [5.74, 6) is 1.10. The molecule has 29 heavy (non-hydrogen) atoms. The third-order valence-electron chi connectivity index (χ3n) is 4.49. The van der Waals surface area contributed by atoms with E-state index in [-0.39, 0.29) is 11.3 Å². The van der Waals surface area contributed by atoms with Crippen molar-refractivity contribution >= 4 is 20.8 Å². The summed E-state index contributed by atoms with van der Waals surface area (Å²) in [6.45, 7) is 8.46. The van der Waals surface area contributed by atoms with Gasteiger partial charge in [-0.25, -0.2) is 13.1 Å². The summed E-state index contributed by atoms with van der Waals surface area (Å²) in [6, 6.07) is 14.8. The average Bonchev–Trinajstić information content (AvgIpc) is 3.42. The van der Waals surface area contributed by atoms with Crippen molar-refractivity contribution in [3.63, 3.8) is 0 Å². The van der Waals surface area contributed by atoms with Gasteiger partial charge in [0.15, 0.2) is 5.82 Å². The maximum atomic E-state index is 11.1. The Morgan fingerprint density at radius 3 is 2.34 bits per heavy atom. The minimum absolute atomic E-state index is 0.0330. The third kappa shape index (κ3) is 6.08. The SMILES string of the molecule is CC(C)NS(=O)(=O)C1CC1.CC(C)c1nnn(Cc2ccc3ccccc3c2)n1. The van der Waals surface area contributed by atoms with Crippen LogP contribution < -0.4 is 4.72 Å². The van der Waals surface area contributed by atoms with Gasteiger partial charge in [0.05, 0.1) is 11.8 Å². The quantitative estimate of drug-likeness (QED) is 0.666. The van der Waals surface area contributed by atoms with Gasteiger partial charge in [0.2, 0.25) is 10.0 Å². The minimum Gasteiger partial charge on any atom is -0.212 e. The lowest BCUT2D eigenvalue weighted by Gasteiger charge is -2.07. The summed E-state index contributed by atoms with van der Waals surface area (Å²) in [6.07, 6.45) is 1.67. The molecule has 1 N–H and O–H groups in total. The van der Waals surface area contributed by atoms with Crippen molar-refractivity contribution < 1.29 is 8.42 Å². The molecule has 7 nitrogen and oxygen atoms in total. The number of fused-ring (bicyclic) bond motifs is 1. The maximum absolute atomic E-state index is 11.1. The van der Waals surface area contributed by atoms with Crippen molar-refractivity contribution in [2.45, 2.75) is 64.3 Å². The van der Waals surface area contributed by atoms with Crippen molar-refractivity contribution in [1.29, 1.82) is 0 Å². The van der Waals surface area contributed by atoms with Crippen LogP contribution in [0.4, 0.5) is 0 Å². The zero-order valence-electron chi connectivity index (χ0n) is 17.4. The lowest BCUT2D eigenvalue weighted by molar-refractivity contribution is 0.568. The largest absolute Gasteiger partial charge is 0.214 e. The number of benzene rings is 2. The first-order valence-corrected chi connectivity index (χ1v) is 11.6. The summed E-state index contributed by atoms with van der Waals surface area (Å²) < 4.78 is 24.7. The van der Waals surface area contributed by atoms with Crippen molar-refractivity contribution in [1.82, 2.24) is 24.9 Å².